The molecule has 18 heavy (non-hydrogen) atoms. The largest absolute Gasteiger partial charge is 0.339 e. The molecule has 1 N–H and O–H groups in total. The van der Waals surface area contributed by atoms with Crippen molar-refractivity contribution in [2.24, 2.45) is 0 Å². The maximum absolute atomic E-state index is 12.6. The summed E-state index contributed by atoms with van der Waals surface area (Å²) in [6.07, 6.45) is 0. The second-order valence-corrected chi connectivity index (χ2v) is 5.89. The summed E-state index contributed by atoms with van der Waals surface area (Å²) in [5.74, 6) is 0.286. The van der Waals surface area contributed by atoms with Crippen LogP contribution in [0.1, 0.15) is 13.8 Å². The molecule has 0 spiro atoms. The standard InChI is InChI=1S/C13H26N4O/c1-13(2,17-10-8-15(3)9-11-17)12(18)16-6-4-14-5-7-16/h14H,4-11H2,1-3H3. The Labute approximate surface area is 110 Å². The fraction of sp³-hybridized carbons (Fsp3) is 0.923. The molecule has 5 nitrogen and oxygen atoms in total. The predicted molar refractivity (Wildman–Crippen MR) is 72.6 cm³/mol. The molecule has 0 atom stereocenters. The Hall–Kier alpha value is -0.650. The molecule has 0 saturated carbocycles. The Balaban J connectivity index is 1.98. The van der Waals surface area contributed by atoms with E-state index in [1.807, 2.05) is 4.90 Å². The highest BCUT2D eigenvalue weighted by molar-refractivity contribution is 5.85. The van der Waals surface area contributed by atoms with Crippen LogP contribution in [0.25, 0.3) is 0 Å². The zero-order valence-electron chi connectivity index (χ0n) is 11.9. The van der Waals surface area contributed by atoms with Gasteiger partial charge in [-0.15, -0.1) is 0 Å². The summed E-state index contributed by atoms with van der Waals surface area (Å²) < 4.78 is 0. The number of nitrogens with one attached hydrogen (secondary N) is 1. The number of carbonyl (C=O) groups is 1. The Bertz CT molecular complexity index is 291. The van der Waals surface area contributed by atoms with Crippen LogP contribution in [0.4, 0.5) is 0 Å². The number of nitrogens with zero attached hydrogens (tertiary/aromatic N) is 3. The van der Waals surface area contributed by atoms with E-state index in [2.05, 4.69) is 36.0 Å². The van der Waals surface area contributed by atoms with Gasteiger partial charge in [0.25, 0.3) is 0 Å². The molecule has 2 aliphatic heterocycles. The minimum Gasteiger partial charge on any atom is -0.339 e. The maximum atomic E-state index is 12.6. The third kappa shape index (κ3) is 2.84. The number of rotatable bonds is 2. The molecule has 5 heteroatoms. The van der Waals surface area contributed by atoms with E-state index < -0.39 is 0 Å². The Kier molecular flexibility index (Phi) is 4.25. The Morgan fingerprint density at radius 2 is 1.56 bits per heavy atom. The minimum absolute atomic E-state index is 0.286. The van der Waals surface area contributed by atoms with Crippen LogP contribution in [0.5, 0.6) is 0 Å². The molecule has 2 rings (SSSR count). The van der Waals surface area contributed by atoms with E-state index in [9.17, 15) is 4.79 Å². The first-order valence-corrected chi connectivity index (χ1v) is 6.95. The lowest BCUT2D eigenvalue weighted by Gasteiger charge is -2.44. The summed E-state index contributed by atoms with van der Waals surface area (Å²) in [6, 6.07) is 0. The molecule has 0 aromatic heterocycles. The van der Waals surface area contributed by atoms with Gasteiger partial charge < -0.3 is 15.1 Å². The van der Waals surface area contributed by atoms with Crippen molar-refractivity contribution in [1.29, 1.82) is 0 Å². The molecule has 0 aliphatic carbocycles. The van der Waals surface area contributed by atoms with E-state index in [0.717, 1.165) is 52.4 Å². The lowest BCUT2D eigenvalue weighted by atomic mass is 9.99. The monoisotopic (exact) mass is 254 g/mol. The van der Waals surface area contributed by atoms with Crippen molar-refractivity contribution in [2.45, 2.75) is 19.4 Å². The Morgan fingerprint density at radius 1 is 1.00 bits per heavy atom. The summed E-state index contributed by atoms with van der Waals surface area (Å²) in [5.41, 5.74) is -0.362. The fourth-order valence-corrected chi connectivity index (χ4v) is 2.76. The number of hydrogen-bond donors (Lipinski definition) is 1. The highest BCUT2D eigenvalue weighted by atomic mass is 16.2. The first kappa shape index (κ1) is 13.8. The molecule has 104 valence electrons. The van der Waals surface area contributed by atoms with E-state index in [-0.39, 0.29) is 11.4 Å². The zero-order chi connectivity index (χ0) is 13.2. The zero-order valence-corrected chi connectivity index (χ0v) is 11.9. The van der Waals surface area contributed by atoms with Gasteiger partial charge in [0.1, 0.15) is 0 Å². The van der Waals surface area contributed by atoms with Gasteiger partial charge in [-0.25, -0.2) is 0 Å². The number of likely N-dealkylation sites (N-methyl/N-ethyl adjacent to an activating group) is 1. The summed E-state index contributed by atoms with van der Waals surface area (Å²) >= 11 is 0. The highest BCUT2D eigenvalue weighted by Gasteiger charge is 2.38. The molecular formula is C13H26N4O. The topological polar surface area (TPSA) is 38.8 Å². The van der Waals surface area contributed by atoms with Gasteiger partial charge in [0.2, 0.25) is 5.91 Å². The first-order valence-electron chi connectivity index (χ1n) is 6.95. The summed E-state index contributed by atoms with van der Waals surface area (Å²) in [5, 5.41) is 3.29. The molecule has 0 aromatic rings. The molecule has 0 radical (unpaired) electrons. The number of amides is 1. The molecule has 2 aliphatic rings. The van der Waals surface area contributed by atoms with E-state index in [0.29, 0.717) is 0 Å². The van der Waals surface area contributed by atoms with Gasteiger partial charge in [-0.1, -0.05) is 0 Å². The van der Waals surface area contributed by atoms with E-state index >= 15 is 0 Å². The van der Waals surface area contributed by atoms with Crippen LogP contribution in [0.2, 0.25) is 0 Å². The molecular weight excluding hydrogens is 228 g/mol. The van der Waals surface area contributed by atoms with Crippen molar-refractivity contribution in [2.75, 3.05) is 59.4 Å². The van der Waals surface area contributed by atoms with Crippen molar-refractivity contribution in [1.82, 2.24) is 20.0 Å². The van der Waals surface area contributed by atoms with Crippen LogP contribution < -0.4 is 5.32 Å². The summed E-state index contributed by atoms with van der Waals surface area (Å²) in [4.78, 5) is 19.3. The van der Waals surface area contributed by atoms with Gasteiger partial charge >= 0.3 is 0 Å². The summed E-state index contributed by atoms with van der Waals surface area (Å²) in [7, 11) is 2.14. The van der Waals surface area contributed by atoms with Crippen molar-refractivity contribution < 1.29 is 4.79 Å². The van der Waals surface area contributed by atoms with Crippen LogP contribution in [0, 0.1) is 0 Å². The second kappa shape index (κ2) is 5.55. The van der Waals surface area contributed by atoms with Gasteiger partial charge in [0, 0.05) is 52.4 Å². The van der Waals surface area contributed by atoms with Crippen LogP contribution in [-0.2, 0) is 4.79 Å². The molecule has 2 fully saturated rings. The van der Waals surface area contributed by atoms with Crippen molar-refractivity contribution in [3.05, 3.63) is 0 Å². The number of hydrogen-bond acceptors (Lipinski definition) is 4. The maximum Gasteiger partial charge on any atom is 0.242 e. The first-order chi connectivity index (χ1) is 8.51. The molecule has 0 unspecified atom stereocenters. The molecule has 0 aromatic carbocycles. The predicted octanol–water partition coefficient (Wildman–Crippen LogP) is -0.556. The second-order valence-electron chi connectivity index (χ2n) is 5.89. The molecule has 2 heterocycles. The third-order valence-electron chi connectivity index (χ3n) is 4.22. The lowest BCUT2D eigenvalue weighted by molar-refractivity contribution is -0.144. The number of carbonyl (C=O) groups excluding carboxylic acids is 1. The lowest BCUT2D eigenvalue weighted by Crippen LogP contribution is -2.62. The fourth-order valence-electron chi connectivity index (χ4n) is 2.76. The van der Waals surface area contributed by atoms with Gasteiger partial charge in [0.05, 0.1) is 5.54 Å². The average Bonchev–Trinajstić information content (AvgIpc) is 2.39. The quantitative estimate of drug-likeness (QED) is 0.717. The van der Waals surface area contributed by atoms with Crippen LogP contribution >= 0.6 is 0 Å². The van der Waals surface area contributed by atoms with Gasteiger partial charge in [-0.2, -0.15) is 0 Å². The van der Waals surface area contributed by atoms with Gasteiger partial charge in [-0.3, -0.25) is 9.69 Å². The third-order valence-corrected chi connectivity index (χ3v) is 4.22. The van der Waals surface area contributed by atoms with E-state index in [4.69, 9.17) is 0 Å². The highest BCUT2D eigenvalue weighted by Crippen LogP contribution is 2.20. The van der Waals surface area contributed by atoms with Gasteiger partial charge in [-0.05, 0) is 20.9 Å². The molecule has 2 saturated heterocycles. The van der Waals surface area contributed by atoms with Crippen LogP contribution in [-0.4, -0.2) is 85.6 Å². The average molecular weight is 254 g/mol. The molecule has 0 bridgehead atoms. The smallest absolute Gasteiger partial charge is 0.242 e. The van der Waals surface area contributed by atoms with Gasteiger partial charge in [0.15, 0.2) is 0 Å². The Morgan fingerprint density at radius 3 is 2.11 bits per heavy atom. The van der Waals surface area contributed by atoms with Crippen LogP contribution in [0.3, 0.4) is 0 Å². The minimum atomic E-state index is -0.362. The number of piperazine rings is 2. The SMILES string of the molecule is CN1CCN(C(C)(C)C(=O)N2CCNCC2)CC1. The summed E-state index contributed by atoms with van der Waals surface area (Å²) in [6.45, 7) is 11.8. The van der Waals surface area contributed by atoms with Crippen molar-refractivity contribution >= 4 is 5.91 Å². The normalized spacial score (nSPS) is 24.3. The van der Waals surface area contributed by atoms with E-state index in [1.165, 1.54) is 0 Å². The van der Waals surface area contributed by atoms with Crippen LogP contribution in [0.15, 0.2) is 0 Å². The molecule has 1 amide bonds. The van der Waals surface area contributed by atoms with E-state index in [1.54, 1.807) is 0 Å². The van der Waals surface area contributed by atoms with Crippen molar-refractivity contribution in [3.8, 4) is 0 Å². The van der Waals surface area contributed by atoms with Crippen molar-refractivity contribution in [3.63, 3.8) is 0 Å².